The van der Waals surface area contributed by atoms with E-state index in [4.69, 9.17) is 4.74 Å². The summed E-state index contributed by atoms with van der Waals surface area (Å²) < 4.78 is 5.23. The van der Waals surface area contributed by atoms with Gasteiger partial charge in [0.25, 0.3) is 0 Å². The maximum absolute atomic E-state index is 10.4. The van der Waals surface area contributed by atoms with Crippen molar-refractivity contribution in [2.45, 2.75) is 6.42 Å². The van der Waals surface area contributed by atoms with E-state index in [1.165, 1.54) is 10.6 Å². The van der Waals surface area contributed by atoms with Gasteiger partial charge in [-0.05, 0) is 12.1 Å². The number of nitrogens with zero attached hydrogens (tertiary/aromatic N) is 1. The molecule has 1 aromatic rings. The van der Waals surface area contributed by atoms with Gasteiger partial charge in [0.2, 0.25) is 0 Å². The fourth-order valence-corrected chi connectivity index (χ4v) is 2.42. The molecule has 0 radical (unpaired) electrons. The molecule has 1 fully saturated rings. The molecule has 1 N–H and O–H groups in total. The van der Waals surface area contributed by atoms with Crippen LogP contribution in [0.4, 0.5) is 5.69 Å². The predicted octanol–water partition coefficient (Wildman–Crippen LogP) is -1.46. The van der Waals surface area contributed by atoms with Gasteiger partial charge in [0.15, 0.2) is 0 Å². The molecule has 5 nitrogen and oxygen atoms in total. The number of nitrogens with one attached hydrogen (secondary N) is 1. The molecular weight excluding hydrogens is 244 g/mol. The molecule has 0 aromatic heterocycles. The van der Waals surface area contributed by atoms with Crippen molar-refractivity contribution >= 4 is 11.7 Å². The second kappa shape index (κ2) is 6.43. The third-order valence-corrected chi connectivity index (χ3v) is 3.57. The van der Waals surface area contributed by atoms with E-state index in [1.807, 2.05) is 18.2 Å². The summed E-state index contributed by atoms with van der Waals surface area (Å²) in [5, 5.41) is 10.4. The van der Waals surface area contributed by atoms with Gasteiger partial charge in [-0.15, -0.1) is 0 Å². The first-order valence-electron chi connectivity index (χ1n) is 6.61. The van der Waals surface area contributed by atoms with Crippen LogP contribution in [0.2, 0.25) is 0 Å². The van der Waals surface area contributed by atoms with Crippen LogP contribution in [0.5, 0.6) is 5.75 Å². The van der Waals surface area contributed by atoms with E-state index >= 15 is 0 Å². The van der Waals surface area contributed by atoms with Crippen molar-refractivity contribution in [2.24, 2.45) is 0 Å². The summed E-state index contributed by atoms with van der Waals surface area (Å²) >= 11 is 0. The van der Waals surface area contributed by atoms with Crippen molar-refractivity contribution in [2.75, 3.05) is 44.7 Å². The van der Waals surface area contributed by atoms with E-state index in [-0.39, 0.29) is 6.42 Å². The van der Waals surface area contributed by atoms with E-state index in [9.17, 15) is 9.90 Å². The monoisotopic (exact) mass is 264 g/mol. The number of carboxylic acids is 1. The fourth-order valence-electron chi connectivity index (χ4n) is 2.42. The molecule has 19 heavy (non-hydrogen) atoms. The minimum absolute atomic E-state index is 0.147. The first kappa shape index (κ1) is 13.7. The van der Waals surface area contributed by atoms with Crippen molar-refractivity contribution in [1.82, 2.24) is 0 Å². The molecule has 1 saturated heterocycles. The van der Waals surface area contributed by atoms with Crippen molar-refractivity contribution < 1.29 is 19.5 Å². The van der Waals surface area contributed by atoms with Crippen LogP contribution in [0.25, 0.3) is 0 Å². The zero-order chi connectivity index (χ0) is 13.7. The number of methoxy groups -OCH3 is 1. The van der Waals surface area contributed by atoms with Gasteiger partial charge >= 0.3 is 0 Å². The molecule has 0 spiro atoms. The average molecular weight is 264 g/mol. The van der Waals surface area contributed by atoms with Gasteiger partial charge < -0.3 is 24.4 Å². The number of rotatable bonds is 5. The van der Waals surface area contributed by atoms with Gasteiger partial charge in [-0.1, -0.05) is 6.07 Å². The Morgan fingerprint density at radius 1 is 1.42 bits per heavy atom. The maximum Gasteiger partial charge on any atom is 0.120 e. The van der Waals surface area contributed by atoms with Crippen LogP contribution in [0.15, 0.2) is 24.3 Å². The Bertz CT molecular complexity index is 428. The van der Waals surface area contributed by atoms with Crippen LogP contribution in [0, 0.1) is 0 Å². The number of hydrogen-bond acceptors (Lipinski definition) is 4. The van der Waals surface area contributed by atoms with Gasteiger partial charge in [-0.25, -0.2) is 0 Å². The highest BCUT2D eigenvalue weighted by Gasteiger charge is 2.19. The summed E-state index contributed by atoms with van der Waals surface area (Å²) in [7, 11) is 1.67. The summed E-state index contributed by atoms with van der Waals surface area (Å²) in [6.07, 6.45) is 0.147. The van der Waals surface area contributed by atoms with Gasteiger partial charge in [-0.3, -0.25) is 0 Å². The molecule has 104 valence electrons. The van der Waals surface area contributed by atoms with Crippen LogP contribution in [-0.4, -0.2) is 45.8 Å². The number of aliphatic carboxylic acids is 1. The van der Waals surface area contributed by atoms with Crippen molar-refractivity contribution in [3.8, 4) is 5.75 Å². The maximum atomic E-state index is 10.4. The first-order chi connectivity index (χ1) is 9.19. The molecule has 2 rings (SSSR count). The van der Waals surface area contributed by atoms with E-state index in [1.54, 1.807) is 7.11 Å². The molecule has 1 heterocycles. The van der Waals surface area contributed by atoms with Crippen molar-refractivity contribution in [3.63, 3.8) is 0 Å². The Morgan fingerprint density at radius 3 is 2.79 bits per heavy atom. The molecule has 0 amide bonds. The van der Waals surface area contributed by atoms with Crippen LogP contribution in [0.1, 0.15) is 6.42 Å². The Hall–Kier alpha value is -1.75. The highest BCUT2D eigenvalue weighted by atomic mass is 16.5. The van der Waals surface area contributed by atoms with Gasteiger partial charge in [0.05, 0.1) is 39.8 Å². The lowest BCUT2D eigenvalue weighted by Gasteiger charge is -2.33. The van der Waals surface area contributed by atoms with E-state index in [0.29, 0.717) is 6.54 Å². The quantitative estimate of drug-likeness (QED) is 0.706. The lowest BCUT2D eigenvalue weighted by Crippen LogP contribution is -3.15. The van der Waals surface area contributed by atoms with Crippen molar-refractivity contribution in [1.29, 1.82) is 0 Å². The Labute approximate surface area is 113 Å². The summed E-state index contributed by atoms with van der Waals surface area (Å²) in [5.41, 5.74) is 1.17. The fraction of sp³-hybridized carbons (Fsp3) is 0.500. The minimum atomic E-state index is -0.956. The molecule has 0 atom stereocenters. The highest BCUT2D eigenvalue weighted by molar-refractivity contribution is 5.64. The molecule has 1 aromatic carbocycles. The zero-order valence-electron chi connectivity index (χ0n) is 11.2. The molecule has 5 heteroatoms. The third-order valence-electron chi connectivity index (χ3n) is 3.57. The summed E-state index contributed by atoms with van der Waals surface area (Å²) in [4.78, 5) is 14.1. The Kier molecular flexibility index (Phi) is 4.63. The number of carbonyl (C=O) groups is 1. The van der Waals surface area contributed by atoms with E-state index < -0.39 is 5.97 Å². The first-order valence-corrected chi connectivity index (χ1v) is 6.61. The molecule has 1 aliphatic rings. The minimum Gasteiger partial charge on any atom is -0.550 e. The Morgan fingerprint density at radius 2 is 2.16 bits per heavy atom. The summed E-state index contributed by atoms with van der Waals surface area (Å²) in [6.45, 7) is 4.47. The highest BCUT2D eigenvalue weighted by Crippen LogP contribution is 2.20. The van der Waals surface area contributed by atoms with Crippen LogP contribution in [-0.2, 0) is 4.79 Å². The normalized spacial score (nSPS) is 16.4. The second-order valence-corrected chi connectivity index (χ2v) is 4.81. The standard InChI is InChI=1S/C14H20N2O3/c1-19-13-4-2-3-12(11-13)16-9-7-15(8-10-16)6-5-14(17)18/h2-4,11H,5-10H2,1H3,(H,17,18). The van der Waals surface area contributed by atoms with Crippen LogP contribution in [0.3, 0.4) is 0 Å². The lowest BCUT2D eigenvalue weighted by atomic mass is 10.2. The number of piperazine rings is 1. The second-order valence-electron chi connectivity index (χ2n) is 4.81. The van der Waals surface area contributed by atoms with Gasteiger partial charge in [0.1, 0.15) is 5.75 Å². The van der Waals surface area contributed by atoms with Gasteiger partial charge in [-0.2, -0.15) is 0 Å². The topological polar surface area (TPSA) is 57.0 Å². The number of carbonyl (C=O) groups excluding carboxylic acids is 1. The molecular formula is C14H20N2O3. The molecule has 0 unspecified atom stereocenters. The number of ether oxygens (including phenoxy) is 1. The molecule has 0 aliphatic carbocycles. The number of quaternary nitrogens is 1. The largest absolute Gasteiger partial charge is 0.550 e. The molecule has 1 aliphatic heterocycles. The van der Waals surface area contributed by atoms with Crippen LogP contribution >= 0.6 is 0 Å². The number of benzene rings is 1. The lowest BCUT2D eigenvalue weighted by molar-refractivity contribution is -0.900. The summed E-state index contributed by atoms with van der Waals surface area (Å²) in [6, 6.07) is 8.04. The van der Waals surface area contributed by atoms with Crippen LogP contribution < -0.4 is 19.6 Å². The number of hydrogen-bond donors (Lipinski definition) is 1. The third kappa shape index (κ3) is 3.86. The summed E-state index contributed by atoms with van der Waals surface area (Å²) in [5.74, 6) is -0.0908. The SMILES string of the molecule is COc1cccc(N2CC[NH+](CCC(=O)[O-])CC2)c1. The van der Waals surface area contributed by atoms with E-state index in [2.05, 4.69) is 11.0 Å². The average Bonchev–Trinajstić information content (AvgIpc) is 2.45. The number of carboxylic acid groups (broad SMARTS) is 1. The molecule has 0 saturated carbocycles. The Balaban J connectivity index is 1.87. The number of anilines is 1. The zero-order valence-corrected chi connectivity index (χ0v) is 11.2. The smallest absolute Gasteiger partial charge is 0.120 e. The predicted molar refractivity (Wildman–Crippen MR) is 70.4 cm³/mol. The van der Waals surface area contributed by atoms with E-state index in [0.717, 1.165) is 31.9 Å². The van der Waals surface area contributed by atoms with Crippen molar-refractivity contribution in [3.05, 3.63) is 24.3 Å². The van der Waals surface area contributed by atoms with Gasteiger partial charge in [0, 0.05) is 24.1 Å². The molecule has 0 bridgehead atoms.